The molecule has 0 spiro atoms. The van der Waals surface area contributed by atoms with E-state index in [1.165, 1.54) is 17.0 Å². The maximum Gasteiger partial charge on any atom is 0.416 e. The Bertz CT molecular complexity index is 1480. The fourth-order valence-electron chi connectivity index (χ4n) is 4.44. The number of benzene rings is 3. The summed E-state index contributed by atoms with van der Waals surface area (Å²) in [4.78, 5) is 26.8. The van der Waals surface area contributed by atoms with Crippen molar-refractivity contribution in [3.63, 3.8) is 0 Å². The van der Waals surface area contributed by atoms with Crippen molar-refractivity contribution in [3.8, 4) is 11.3 Å². The number of nitrogens with zero attached hydrogens (tertiary/aromatic N) is 1. The molecule has 4 aromatic rings. The second kappa shape index (κ2) is 11.2. The van der Waals surface area contributed by atoms with Crippen molar-refractivity contribution in [2.45, 2.75) is 25.7 Å². The number of nitrogens with one attached hydrogen (secondary N) is 1. The van der Waals surface area contributed by atoms with Gasteiger partial charge >= 0.3 is 6.18 Å². The Hall–Kier alpha value is -4.37. The van der Waals surface area contributed by atoms with Crippen LogP contribution in [0.5, 0.6) is 0 Å². The van der Waals surface area contributed by atoms with Crippen LogP contribution in [0, 0.1) is 0 Å². The molecule has 1 aromatic heterocycles. The Morgan fingerprint density at radius 3 is 2.54 bits per heavy atom. The number of anilines is 1. The van der Waals surface area contributed by atoms with Gasteiger partial charge in [0.15, 0.2) is 0 Å². The van der Waals surface area contributed by atoms with Crippen LogP contribution in [-0.2, 0) is 35.3 Å². The molecule has 0 saturated carbocycles. The highest BCUT2D eigenvalue weighted by molar-refractivity contribution is 5.94. The van der Waals surface area contributed by atoms with Gasteiger partial charge in [0, 0.05) is 41.9 Å². The minimum Gasteiger partial charge on any atom is -0.461 e. The van der Waals surface area contributed by atoms with Crippen molar-refractivity contribution >= 4 is 17.5 Å². The number of hydrogen-bond acceptors (Lipinski definition) is 4. The molecule has 0 fully saturated rings. The van der Waals surface area contributed by atoms with E-state index in [2.05, 4.69) is 5.32 Å². The number of alkyl halides is 3. The van der Waals surface area contributed by atoms with Crippen LogP contribution in [0.4, 0.5) is 18.9 Å². The first-order valence-electron chi connectivity index (χ1n) is 12.4. The predicted octanol–water partition coefficient (Wildman–Crippen LogP) is 6.32. The molecule has 39 heavy (non-hydrogen) atoms. The normalized spacial score (nSPS) is 13.2. The van der Waals surface area contributed by atoms with Gasteiger partial charge in [0.2, 0.25) is 5.91 Å². The van der Waals surface area contributed by atoms with Crippen LogP contribution in [0.1, 0.15) is 32.8 Å². The fraction of sp³-hybridized carbons (Fsp3) is 0.200. The number of hydrogen-bond donors (Lipinski definition) is 1. The zero-order valence-corrected chi connectivity index (χ0v) is 20.8. The minimum atomic E-state index is -4.52. The van der Waals surface area contributed by atoms with Crippen molar-refractivity contribution in [2.75, 3.05) is 18.5 Å². The lowest BCUT2D eigenvalue weighted by atomic mass is 10.0. The molecule has 3 aromatic carbocycles. The van der Waals surface area contributed by atoms with Crippen molar-refractivity contribution in [1.29, 1.82) is 0 Å². The molecule has 0 aliphatic carbocycles. The number of halogens is 3. The molecular weight excluding hydrogens is 509 g/mol. The molecule has 2 amide bonds. The number of rotatable bonds is 7. The van der Waals surface area contributed by atoms with E-state index >= 15 is 0 Å². The summed E-state index contributed by atoms with van der Waals surface area (Å²) in [6.07, 6.45) is -4.08. The monoisotopic (exact) mass is 534 g/mol. The molecule has 0 bridgehead atoms. The van der Waals surface area contributed by atoms with E-state index in [0.717, 1.165) is 34.6 Å². The van der Waals surface area contributed by atoms with Gasteiger partial charge in [-0.15, -0.1) is 0 Å². The van der Waals surface area contributed by atoms with Gasteiger partial charge in [-0.05, 0) is 42.0 Å². The maximum atomic E-state index is 13.1. The average molecular weight is 535 g/mol. The molecular formula is C30H25F3N2O4. The number of furan rings is 1. The highest BCUT2D eigenvalue weighted by Gasteiger charge is 2.32. The second-order valence-corrected chi connectivity index (χ2v) is 9.22. The van der Waals surface area contributed by atoms with Gasteiger partial charge in [-0.25, -0.2) is 0 Å². The predicted molar refractivity (Wildman–Crippen MR) is 139 cm³/mol. The van der Waals surface area contributed by atoms with Crippen LogP contribution in [-0.4, -0.2) is 29.9 Å². The fourth-order valence-corrected chi connectivity index (χ4v) is 4.44. The van der Waals surface area contributed by atoms with E-state index in [1.807, 2.05) is 42.5 Å². The number of amides is 2. The van der Waals surface area contributed by atoms with Crippen LogP contribution in [0.25, 0.3) is 11.3 Å². The number of ether oxygens (including phenoxy) is 1. The van der Waals surface area contributed by atoms with Crippen molar-refractivity contribution in [2.24, 2.45) is 0 Å². The van der Waals surface area contributed by atoms with Crippen LogP contribution < -0.4 is 5.32 Å². The molecule has 200 valence electrons. The highest BCUT2D eigenvalue weighted by Crippen LogP contribution is 2.33. The van der Waals surface area contributed by atoms with E-state index in [-0.39, 0.29) is 24.6 Å². The van der Waals surface area contributed by atoms with E-state index in [1.54, 1.807) is 18.2 Å². The Morgan fingerprint density at radius 1 is 0.949 bits per heavy atom. The first-order valence-corrected chi connectivity index (χ1v) is 12.4. The number of fused-ring (bicyclic) bond motifs is 1. The first kappa shape index (κ1) is 26.2. The SMILES string of the molecule is O=C(COCc1ccccc1)Nc1cccc(-c2cc3c(o2)CCN(C(=O)c2cccc(C(F)(F)F)c2)C3)c1. The lowest BCUT2D eigenvalue weighted by Crippen LogP contribution is -2.35. The van der Waals surface area contributed by atoms with Crippen molar-refractivity contribution in [3.05, 3.63) is 113 Å². The van der Waals surface area contributed by atoms with Gasteiger partial charge in [0.25, 0.3) is 5.91 Å². The number of carbonyl (C=O) groups excluding carboxylic acids is 2. The third-order valence-electron chi connectivity index (χ3n) is 6.37. The van der Waals surface area contributed by atoms with Crippen LogP contribution in [0.15, 0.2) is 89.3 Å². The summed E-state index contributed by atoms with van der Waals surface area (Å²) >= 11 is 0. The molecule has 1 N–H and O–H groups in total. The standard InChI is InChI=1S/C30H25F3N2O4/c31-30(32,33)24-10-4-9-22(14-24)29(37)35-13-12-26-23(17-35)16-27(39-26)21-8-5-11-25(15-21)34-28(36)19-38-18-20-6-2-1-3-7-20/h1-11,14-16H,12-13,17-19H2,(H,34,36). The zero-order valence-electron chi connectivity index (χ0n) is 20.8. The number of carbonyl (C=O) groups is 2. The summed E-state index contributed by atoms with van der Waals surface area (Å²) in [5, 5.41) is 2.82. The largest absolute Gasteiger partial charge is 0.461 e. The van der Waals surface area contributed by atoms with E-state index < -0.39 is 17.6 Å². The van der Waals surface area contributed by atoms with Gasteiger partial charge in [-0.1, -0.05) is 48.5 Å². The third-order valence-corrected chi connectivity index (χ3v) is 6.37. The molecule has 6 nitrogen and oxygen atoms in total. The Kier molecular flexibility index (Phi) is 7.51. The molecule has 9 heteroatoms. The smallest absolute Gasteiger partial charge is 0.416 e. The average Bonchev–Trinajstić information content (AvgIpc) is 3.37. The quantitative estimate of drug-likeness (QED) is 0.301. The van der Waals surface area contributed by atoms with Crippen LogP contribution in [0.2, 0.25) is 0 Å². The molecule has 0 saturated heterocycles. The van der Waals surface area contributed by atoms with Gasteiger partial charge in [-0.2, -0.15) is 13.2 Å². The summed E-state index contributed by atoms with van der Waals surface area (Å²) in [5.74, 6) is 0.547. The van der Waals surface area contributed by atoms with Crippen molar-refractivity contribution in [1.82, 2.24) is 4.90 Å². The Labute approximate surface area is 223 Å². The molecule has 0 unspecified atom stereocenters. The van der Waals surface area contributed by atoms with Gasteiger partial charge in [-0.3, -0.25) is 9.59 Å². The molecule has 1 aliphatic rings. The first-order chi connectivity index (χ1) is 18.8. The van der Waals surface area contributed by atoms with Crippen LogP contribution in [0.3, 0.4) is 0 Å². The lowest BCUT2D eigenvalue weighted by molar-refractivity contribution is -0.137. The molecule has 0 radical (unpaired) electrons. The minimum absolute atomic E-state index is 0.00631. The summed E-state index contributed by atoms with van der Waals surface area (Å²) < 4.78 is 50.8. The molecule has 5 rings (SSSR count). The molecule has 0 atom stereocenters. The van der Waals surface area contributed by atoms with Gasteiger partial charge < -0.3 is 19.4 Å². The van der Waals surface area contributed by atoms with E-state index in [9.17, 15) is 22.8 Å². The summed E-state index contributed by atoms with van der Waals surface area (Å²) in [7, 11) is 0. The third kappa shape index (κ3) is 6.38. The summed E-state index contributed by atoms with van der Waals surface area (Å²) in [6, 6.07) is 23.0. The zero-order chi connectivity index (χ0) is 27.4. The van der Waals surface area contributed by atoms with E-state index in [0.29, 0.717) is 31.0 Å². The van der Waals surface area contributed by atoms with Crippen molar-refractivity contribution < 1.29 is 31.9 Å². The topological polar surface area (TPSA) is 71.8 Å². The highest BCUT2D eigenvalue weighted by atomic mass is 19.4. The Balaban J connectivity index is 1.22. The maximum absolute atomic E-state index is 13.1. The lowest BCUT2D eigenvalue weighted by Gasteiger charge is -2.26. The molecule has 2 heterocycles. The van der Waals surface area contributed by atoms with E-state index in [4.69, 9.17) is 9.15 Å². The summed E-state index contributed by atoms with van der Waals surface area (Å²) in [6.45, 7) is 0.792. The molecule has 1 aliphatic heterocycles. The second-order valence-electron chi connectivity index (χ2n) is 9.22. The van der Waals surface area contributed by atoms with Gasteiger partial charge in [0.1, 0.15) is 18.1 Å². The van der Waals surface area contributed by atoms with Crippen LogP contribution >= 0.6 is 0 Å². The Morgan fingerprint density at radius 2 is 1.74 bits per heavy atom. The van der Waals surface area contributed by atoms with Gasteiger partial charge in [0.05, 0.1) is 12.2 Å². The summed E-state index contributed by atoms with van der Waals surface area (Å²) in [5.41, 5.74) is 2.23.